The Hall–Kier alpha value is -6.16. The van der Waals surface area contributed by atoms with Crippen LogP contribution in [0.4, 0.5) is 0 Å². The first-order chi connectivity index (χ1) is 32.9. The van der Waals surface area contributed by atoms with E-state index in [0.29, 0.717) is 36.0 Å². The van der Waals surface area contributed by atoms with Gasteiger partial charge in [-0.15, -0.1) is 0 Å². The lowest BCUT2D eigenvalue weighted by molar-refractivity contribution is -0.145. The summed E-state index contributed by atoms with van der Waals surface area (Å²) in [5.74, 6) is -7.19. The number of carboxylic acids is 1. The minimum Gasteiger partial charge on any atom is -0.508 e. The minimum absolute atomic E-state index is 0.0145. The van der Waals surface area contributed by atoms with E-state index in [9.17, 15) is 48.6 Å². The van der Waals surface area contributed by atoms with Gasteiger partial charge in [-0.25, -0.2) is 4.79 Å². The number of benzene rings is 3. The highest BCUT2D eigenvalue weighted by Crippen LogP contribution is 2.31. The fraction of sp³-hybridized carbons (Fsp3) is 0.458. The molecule has 0 aromatic heterocycles. The highest BCUT2D eigenvalue weighted by Gasteiger charge is 2.41. The van der Waals surface area contributed by atoms with E-state index in [1.165, 1.54) is 24.0 Å². The highest BCUT2D eigenvalue weighted by atomic mass is 32.1. The lowest BCUT2D eigenvalue weighted by Gasteiger charge is -2.39. The normalized spacial score (nSPS) is 16.2. The van der Waals surface area contributed by atoms with Gasteiger partial charge < -0.3 is 58.5 Å². The van der Waals surface area contributed by atoms with Gasteiger partial charge in [0.05, 0.1) is 6.04 Å². The van der Waals surface area contributed by atoms with Gasteiger partial charge in [0.2, 0.25) is 41.4 Å². The van der Waals surface area contributed by atoms with Crippen molar-refractivity contribution in [2.24, 2.45) is 17.4 Å². The van der Waals surface area contributed by atoms with Gasteiger partial charge in [0.1, 0.15) is 48.0 Å². The summed E-state index contributed by atoms with van der Waals surface area (Å²) in [6, 6.07) is 12.0. The molecule has 8 atom stereocenters. The fourth-order valence-corrected chi connectivity index (χ4v) is 8.22. The summed E-state index contributed by atoms with van der Waals surface area (Å²) >= 11 is 8.49. The third kappa shape index (κ3) is 16.2. The van der Waals surface area contributed by atoms with Crippen molar-refractivity contribution >= 4 is 72.6 Å². The Bertz CT molecular complexity index is 2250. The zero-order valence-electron chi connectivity index (χ0n) is 38.9. The van der Waals surface area contributed by atoms with E-state index in [-0.39, 0.29) is 49.6 Å². The number of carbonyl (C=O) groups excluding carboxylic acids is 7. The third-order valence-electron chi connectivity index (χ3n) is 11.6. The maximum Gasteiger partial charge on any atom is 0.326 e. The Morgan fingerprint density at radius 2 is 1.17 bits per heavy atom. The van der Waals surface area contributed by atoms with Crippen LogP contribution in [0.1, 0.15) is 68.3 Å². The first-order valence-corrected chi connectivity index (χ1v) is 24.1. The van der Waals surface area contributed by atoms with E-state index in [2.05, 4.69) is 57.2 Å². The summed E-state index contributed by atoms with van der Waals surface area (Å²) in [6.45, 7) is 5.01. The number of nitrogens with two attached hydrogens (primary N) is 2. The molecule has 21 heteroatoms. The Morgan fingerprint density at radius 3 is 1.77 bits per heavy atom. The molecule has 1 aliphatic heterocycles. The van der Waals surface area contributed by atoms with E-state index in [1.807, 2.05) is 6.07 Å². The van der Waals surface area contributed by atoms with Crippen molar-refractivity contribution in [2.75, 3.05) is 24.6 Å². The summed E-state index contributed by atoms with van der Waals surface area (Å²) < 4.78 is 0. The van der Waals surface area contributed by atoms with Gasteiger partial charge in [0.25, 0.3) is 0 Å². The number of nitrogens with zero attached hydrogens (tertiary/aromatic N) is 1. The first-order valence-electron chi connectivity index (χ1n) is 22.8. The zero-order chi connectivity index (χ0) is 50.8. The molecule has 0 saturated heterocycles. The van der Waals surface area contributed by atoms with Crippen molar-refractivity contribution in [3.8, 4) is 5.75 Å². The van der Waals surface area contributed by atoms with Gasteiger partial charge in [0.15, 0.2) is 0 Å². The second kappa shape index (κ2) is 27.1. The monoisotopic (exact) mass is 991 g/mol. The SMILES string of the molecule is CC(C)[C@H](NC(=O)[C@H](CS)NC(=O)[C@H](Cc1ccc(O)cc1)NC(=O)[C@H](CCCCN)NC(=O)C1c2ccccc2CCN1C(=O)[C@H](Cc1ccccc1)NC(=O)[C@H](CS)NC(=O)[C@H](C)N)C(=O)O. The van der Waals surface area contributed by atoms with E-state index in [0.717, 1.165) is 5.56 Å². The molecule has 0 aliphatic carbocycles. The zero-order valence-corrected chi connectivity index (χ0v) is 40.7. The predicted molar refractivity (Wildman–Crippen MR) is 265 cm³/mol. The van der Waals surface area contributed by atoms with Crippen LogP contribution in [-0.4, -0.2) is 129 Å². The lowest BCUT2D eigenvalue weighted by atomic mass is 9.90. The van der Waals surface area contributed by atoms with Crippen LogP contribution in [0.5, 0.6) is 5.75 Å². The number of rotatable bonds is 25. The topological polar surface area (TPSA) is 304 Å². The average molecular weight is 992 g/mol. The van der Waals surface area contributed by atoms with Crippen LogP contribution in [0.3, 0.4) is 0 Å². The molecule has 4 rings (SSSR count). The fourth-order valence-electron chi connectivity index (χ4n) is 7.70. The number of carboxylic acid groups (broad SMARTS) is 1. The molecule has 0 bridgehead atoms. The average Bonchev–Trinajstić information content (AvgIpc) is 3.33. The number of thiol groups is 2. The summed E-state index contributed by atoms with van der Waals surface area (Å²) in [7, 11) is 0. The number of aliphatic carboxylic acids is 1. The molecule has 0 radical (unpaired) electrons. The van der Waals surface area contributed by atoms with Gasteiger partial charge in [-0.05, 0) is 79.5 Å². The van der Waals surface area contributed by atoms with Crippen molar-refractivity contribution in [1.82, 2.24) is 36.8 Å². The largest absolute Gasteiger partial charge is 0.508 e. The standard InChI is InChI=1S/C48H65N9O10S2/c1-27(2)39(48(66)67)56-45(63)38(26-69)55-43(61)35(23-30-16-18-32(58)19-17-30)52-42(60)34(15-9-10-21-49)51-46(64)40-33-14-8-7-13-31(33)20-22-57(40)47(65)36(24-29-11-5-4-6-12-29)53-44(62)37(25-68)54-41(59)28(3)50/h4-8,11-14,16-19,27-28,34-40,58,68-69H,9-10,15,20-26,49-50H2,1-3H3,(H,51,64)(H,52,60)(H,53,62)(H,54,59)(H,55,61)(H,56,63)(H,66,67)/t28-,34-,35-,36-,37-,38-,39-,40?/m0/s1. The Morgan fingerprint density at radius 1 is 0.652 bits per heavy atom. The van der Waals surface area contributed by atoms with E-state index in [1.54, 1.807) is 74.5 Å². The van der Waals surface area contributed by atoms with Gasteiger partial charge in [-0.2, -0.15) is 25.3 Å². The molecule has 7 amide bonds. The van der Waals surface area contributed by atoms with E-state index < -0.39 is 102 Å². The second-order valence-electron chi connectivity index (χ2n) is 17.3. The summed E-state index contributed by atoms with van der Waals surface area (Å²) in [5, 5.41) is 35.5. The van der Waals surface area contributed by atoms with Crippen LogP contribution in [0, 0.1) is 5.92 Å². The Balaban J connectivity index is 1.68. The molecule has 69 heavy (non-hydrogen) atoms. The number of hydrogen-bond acceptors (Lipinski definition) is 13. The van der Waals surface area contributed by atoms with Crippen molar-refractivity contribution in [3.05, 3.63) is 101 Å². The van der Waals surface area contributed by atoms with Crippen LogP contribution in [0.2, 0.25) is 0 Å². The van der Waals surface area contributed by atoms with Crippen LogP contribution >= 0.6 is 25.3 Å². The maximum atomic E-state index is 14.9. The summed E-state index contributed by atoms with van der Waals surface area (Å²) in [4.78, 5) is 111. The molecule has 0 saturated carbocycles. The minimum atomic E-state index is -1.37. The van der Waals surface area contributed by atoms with Crippen LogP contribution < -0.4 is 43.4 Å². The molecule has 3 aromatic rings. The second-order valence-corrected chi connectivity index (χ2v) is 18.0. The van der Waals surface area contributed by atoms with Gasteiger partial charge in [-0.3, -0.25) is 33.6 Å². The quantitative estimate of drug-likeness (QED) is 0.0403. The van der Waals surface area contributed by atoms with Crippen molar-refractivity contribution in [3.63, 3.8) is 0 Å². The number of amides is 7. The molecule has 3 aromatic carbocycles. The highest BCUT2D eigenvalue weighted by molar-refractivity contribution is 7.80. The summed E-state index contributed by atoms with van der Waals surface area (Å²) in [5.41, 5.74) is 14.0. The molecule has 1 heterocycles. The molecule has 1 aliphatic rings. The number of phenols is 1. The molecule has 12 N–H and O–H groups in total. The first kappa shape index (κ1) is 55.4. The predicted octanol–water partition coefficient (Wildman–Crippen LogP) is 0.289. The summed E-state index contributed by atoms with van der Waals surface area (Å²) in [6.07, 6.45) is 1.13. The Labute approximate surface area is 412 Å². The number of carbonyl (C=O) groups is 8. The van der Waals surface area contributed by atoms with Gasteiger partial charge in [0, 0.05) is 30.9 Å². The molecule has 0 fully saturated rings. The molecular formula is C48H65N9O10S2. The van der Waals surface area contributed by atoms with Gasteiger partial charge >= 0.3 is 5.97 Å². The maximum absolute atomic E-state index is 14.9. The van der Waals surface area contributed by atoms with Crippen molar-refractivity contribution in [2.45, 2.75) is 108 Å². The smallest absolute Gasteiger partial charge is 0.326 e. The number of unbranched alkanes of at least 4 members (excludes halogenated alkanes) is 1. The van der Waals surface area contributed by atoms with E-state index >= 15 is 0 Å². The molecule has 374 valence electrons. The molecule has 19 nitrogen and oxygen atoms in total. The number of aromatic hydroxyl groups is 1. The molecule has 1 unspecified atom stereocenters. The van der Waals surface area contributed by atoms with Gasteiger partial charge in [-0.1, -0.05) is 80.6 Å². The number of hydrogen-bond donors (Lipinski definition) is 12. The lowest BCUT2D eigenvalue weighted by Crippen LogP contribution is -2.60. The van der Waals surface area contributed by atoms with Crippen LogP contribution in [0.15, 0.2) is 78.9 Å². The Kier molecular flexibility index (Phi) is 21.8. The van der Waals surface area contributed by atoms with Crippen molar-refractivity contribution < 1.29 is 48.6 Å². The number of nitrogens with one attached hydrogen (secondary N) is 6. The number of phenolic OH excluding ortho intramolecular Hbond substituents is 1. The molecular weight excluding hydrogens is 927 g/mol. The van der Waals surface area contributed by atoms with Crippen molar-refractivity contribution in [1.29, 1.82) is 0 Å². The number of fused-ring (bicyclic) bond motifs is 1. The van der Waals surface area contributed by atoms with Crippen LogP contribution in [0.25, 0.3) is 0 Å². The van der Waals surface area contributed by atoms with Crippen LogP contribution in [-0.2, 0) is 57.6 Å². The van der Waals surface area contributed by atoms with E-state index in [4.69, 9.17) is 11.5 Å². The molecule has 0 spiro atoms. The third-order valence-corrected chi connectivity index (χ3v) is 12.3.